The van der Waals surface area contributed by atoms with Crippen molar-refractivity contribution < 1.29 is 0 Å². The second-order valence-electron chi connectivity index (χ2n) is 6.87. The van der Waals surface area contributed by atoms with E-state index in [1.165, 1.54) is 4.63 Å². The predicted octanol–water partition coefficient (Wildman–Crippen LogP) is 3.71. The number of aromatic amines is 2. The molecule has 0 amide bonds. The first-order valence-corrected chi connectivity index (χ1v) is 7.74. The monoisotopic (exact) mass is 337 g/mol. The minimum atomic E-state index is -0.250. The van der Waals surface area contributed by atoms with Gasteiger partial charge >= 0.3 is 0 Å². The van der Waals surface area contributed by atoms with Gasteiger partial charge in [0, 0.05) is 5.41 Å². The number of nitrogens with zero attached hydrogens (tertiary/aromatic N) is 7. The molecule has 0 aromatic carbocycles. The summed E-state index contributed by atoms with van der Waals surface area (Å²) < 4.78 is 1.53. The van der Waals surface area contributed by atoms with E-state index >= 15 is 0 Å². The Bertz CT molecular complexity index is 1030. The van der Waals surface area contributed by atoms with Crippen molar-refractivity contribution in [3.8, 4) is 6.07 Å². The van der Waals surface area contributed by atoms with Gasteiger partial charge in [0.25, 0.3) is 0 Å². The van der Waals surface area contributed by atoms with E-state index in [2.05, 4.69) is 48.3 Å². The molecule has 0 saturated heterocycles. The number of allylic oxidation sites excluding steroid dienone is 1. The summed E-state index contributed by atoms with van der Waals surface area (Å²) in [6.45, 7) is 13.6. The van der Waals surface area contributed by atoms with E-state index in [0.29, 0.717) is 28.4 Å². The van der Waals surface area contributed by atoms with E-state index in [1.54, 1.807) is 6.92 Å². The lowest BCUT2D eigenvalue weighted by Crippen LogP contribution is -2.13. The molecule has 0 atom stereocenters. The molecule has 0 saturated carbocycles. The Morgan fingerprint density at radius 2 is 2.04 bits per heavy atom. The number of aryl methyl sites for hydroxylation is 1. The summed E-state index contributed by atoms with van der Waals surface area (Å²) in [5.74, 6) is 0.860. The minimum Gasteiger partial charge on any atom is -0.278 e. The first-order valence-electron chi connectivity index (χ1n) is 7.74. The molecule has 0 aliphatic rings. The Hall–Kier alpha value is -3.28. The van der Waals surface area contributed by atoms with Crippen molar-refractivity contribution in [3.05, 3.63) is 29.4 Å². The molecule has 0 spiro atoms. The fourth-order valence-electron chi connectivity index (χ4n) is 2.46. The molecule has 3 rings (SSSR count). The minimum absolute atomic E-state index is 0.246. The van der Waals surface area contributed by atoms with Gasteiger partial charge in [-0.25, -0.2) is 4.98 Å². The Morgan fingerprint density at radius 3 is 2.64 bits per heavy atom. The third-order valence-corrected chi connectivity index (χ3v) is 3.66. The number of fused-ring (bicyclic) bond motifs is 1. The summed E-state index contributed by atoms with van der Waals surface area (Å²) in [6, 6.07) is 2.15. The van der Waals surface area contributed by atoms with Crippen LogP contribution in [0, 0.1) is 18.3 Å². The zero-order valence-corrected chi connectivity index (χ0v) is 14.8. The van der Waals surface area contributed by atoms with Gasteiger partial charge in [-0.3, -0.25) is 10.2 Å². The van der Waals surface area contributed by atoms with Crippen molar-refractivity contribution in [2.24, 2.45) is 10.2 Å². The van der Waals surface area contributed by atoms with Crippen LogP contribution in [0.15, 0.2) is 16.8 Å². The van der Waals surface area contributed by atoms with Crippen LogP contribution in [0.1, 0.15) is 50.5 Å². The Balaban J connectivity index is 2.11. The van der Waals surface area contributed by atoms with Crippen LogP contribution in [0.5, 0.6) is 0 Å². The molecular formula is C16H19N9. The molecular weight excluding hydrogens is 318 g/mol. The van der Waals surface area contributed by atoms with Crippen molar-refractivity contribution in [1.82, 2.24) is 30.0 Å². The number of hydrogen-bond donors (Lipinski definition) is 2. The maximum atomic E-state index is 9.47. The quantitative estimate of drug-likeness (QED) is 0.707. The van der Waals surface area contributed by atoms with Gasteiger partial charge in [0.2, 0.25) is 11.5 Å². The molecule has 9 nitrogen and oxygen atoms in total. The second kappa shape index (κ2) is 5.66. The first kappa shape index (κ1) is 16.6. The van der Waals surface area contributed by atoms with Crippen LogP contribution < -0.4 is 0 Å². The number of nitriles is 1. The molecule has 9 heteroatoms. The van der Waals surface area contributed by atoms with Crippen LogP contribution in [0.4, 0.5) is 11.5 Å². The predicted molar refractivity (Wildman–Crippen MR) is 93.0 cm³/mol. The number of rotatable bonds is 3. The smallest absolute Gasteiger partial charge is 0.213 e. The summed E-state index contributed by atoms with van der Waals surface area (Å²) >= 11 is 0. The molecule has 3 aromatic heterocycles. The highest BCUT2D eigenvalue weighted by Gasteiger charge is 2.24. The SMILES string of the molecule is C=C(C)c1[nH]n2nc(C)nc2c1N=Nc1n[nH]c(C(C)(C)C)c1C#N. The van der Waals surface area contributed by atoms with Crippen molar-refractivity contribution in [1.29, 1.82) is 5.26 Å². The average Bonchev–Trinajstić information content (AvgIpc) is 3.15. The average molecular weight is 337 g/mol. The lowest BCUT2D eigenvalue weighted by molar-refractivity contribution is 0.565. The normalized spacial score (nSPS) is 12.2. The number of hydrogen-bond acceptors (Lipinski definition) is 6. The zero-order valence-electron chi connectivity index (χ0n) is 14.8. The molecule has 0 fully saturated rings. The van der Waals surface area contributed by atoms with E-state index < -0.39 is 0 Å². The van der Waals surface area contributed by atoms with Gasteiger partial charge in [0.15, 0.2) is 5.69 Å². The van der Waals surface area contributed by atoms with Gasteiger partial charge in [-0.2, -0.15) is 15.0 Å². The number of azo groups is 1. The fraction of sp³-hybridized carbons (Fsp3) is 0.375. The van der Waals surface area contributed by atoms with Crippen molar-refractivity contribution >= 4 is 22.7 Å². The van der Waals surface area contributed by atoms with Crippen molar-refractivity contribution in [2.45, 2.75) is 40.0 Å². The molecule has 128 valence electrons. The summed E-state index contributed by atoms with van der Waals surface area (Å²) in [6.07, 6.45) is 0. The van der Waals surface area contributed by atoms with E-state index in [9.17, 15) is 5.26 Å². The highest BCUT2D eigenvalue weighted by molar-refractivity contribution is 5.78. The Labute approximate surface area is 144 Å². The molecule has 0 radical (unpaired) electrons. The number of nitrogens with one attached hydrogen (secondary N) is 2. The van der Waals surface area contributed by atoms with Crippen LogP contribution in [0.2, 0.25) is 0 Å². The lowest BCUT2D eigenvalue weighted by atomic mass is 9.90. The fourth-order valence-corrected chi connectivity index (χ4v) is 2.46. The van der Waals surface area contributed by atoms with Crippen LogP contribution in [-0.2, 0) is 5.41 Å². The van der Waals surface area contributed by atoms with Crippen LogP contribution in [-0.4, -0.2) is 30.0 Å². The van der Waals surface area contributed by atoms with E-state index in [-0.39, 0.29) is 11.2 Å². The number of aromatic nitrogens is 6. The molecule has 25 heavy (non-hydrogen) atoms. The molecule has 3 heterocycles. The standard InChI is InChI=1S/C16H19N9/c1-8(2)11-12(15-18-9(3)23-25(15)24-11)19-21-14-10(7-17)13(20-22-14)16(4,5)6/h24H,1H2,2-6H3,(H,20,22). The number of H-pyrrole nitrogens is 2. The van der Waals surface area contributed by atoms with Crippen molar-refractivity contribution in [2.75, 3.05) is 0 Å². The van der Waals surface area contributed by atoms with Crippen molar-refractivity contribution in [3.63, 3.8) is 0 Å². The third-order valence-electron chi connectivity index (χ3n) is 3.66. The summed E-state index contributed by atoms with van der Waals surface area (Å²) in [4.78, 5) is 4.35. The van der Waals surface area contributed by atoms with Crippen LogP contribution in [0.25, 0.3) is 11.2 Å². The third kappa shape index (κ3) is 2.82. The Morgan fingerprint density at radius 1 is 1.32 bits per heavy atom. The van der Waals surface area contributed by atoms with Gasteiger partial charge in [-0.1, -0.05) is 27.4 Å². The molecule has 0 aliphatic heterocycles. The second-order valence-corrected chi connectivity index (χ2v) is 6.87. The topological polar surface area (TPSA) is 123 Å². The maximum absolute atomic E-state index is 9.47. The van der Waals surface area contributed by atoms with Crippen LogP contribution >= 0.6 is 0 Å². The van der Waals surface area contributed by atoms with E-state index in [4.69, 9.17) is 0 Å². The lowest BCUT2D eigenvalue weighted by Gasteiger charge is -2.15. The van der Waals surface area contributed by atoms with Gasteiger partial charge in [-0.15, -0.1) is 15.3 Å². The first-order chi connectivity index (χ1) is 11.7. The molecule has 0 unspecified atom stereocenters. The Kier molecular flexibility index (Phi) is 3.75. The maximum Gasteiger partial charge on any atom is 0.213 e. The molecule has 0 aliphatic carbocycles. The van der Waals surface area contributed by atoms with Gasteiger partial charge in [0.1, 0.15) is 17.5 Å². The van der Waals surface area contributed by atoms with E-state index in [0.717, 1.165) is 11.3 Å². The van der Waals surface area contributed by atoms with E-state index in [1.807, 2.05) is 27.7 Å². The zero-order chi connectivity index (χ0) is 18.4. The summed E-state index contributed by atoms with van der Waals surface area (Å²) in [5.41, 5.74) is 3.38. The largest absolute Gasteiger partial charge is 0.278 e. The molecule has 2 N–H and O–H groups in total. The molecule has 3 aromatic rings. The highest BCUT2D eigenvalue weighted by Crippen LogP contribution is 2.33. The molecule has 0 bridgehead atoms. The summed E-state index contributed by atoms with van der Waals surface area (Å²) in [7, 11) is 0. The van der Waals surface area contributed by atoms with Gasteiger partial charge in [0.05, 0.1) is 11.4 Å². The van der Waals surface area contributed by atoms with Gasteiger partial charge < -0.3 is 0 Å². The highest BCUT2D eigenvalue weighted by atomic mass is 15.5. The summed E-state index contributed by atoms with van der Waals surface area (Å²) in [5, 5.41) is 32.3. The van der Waals surface area contributed by atoms with Gasteiger partial charge in [-0.05, 0) is 19.4 Å². The van der Waals surface area contributed by atoms with Crippen LogP contribution in [0.3, 0.4) is 0 Å².